The number of rotatable bonds is 6. The topological polar surface area (TPSA) is 86.3 Å². The molecule has 0 bridgehead atoms. The van der Waals surface area contributed by atoms with Crippen LogP contribution in [-0.2, 0) is 16.6 Å². The Morgan fingerprint density at radius 3 is 2.82 bits per heavy atom. The van der Waals surface area contributed by atoms with E-state index in [1.54, 1.807) is 0 Å². The van der Waals surface area contributed by atoms with Gasteiger partial charge in [-0.05, 0) is 18.8 Å². The third-order valence-electron chi connectivity index (χ3n) is 2.96. The second-order valence-corrected chi connectivity index (χ2v) is 6.16. The summed E-state index contributed by atoms with van der Waals surface area (Å²) in [7, 11) is -3.55. The number of aliphatic hydroxyl groups excluding tert-OH is 1. The summed E-state index contributed by atoms with van der Waals surface area (Å²) in [6.45, 7) is 2.48. The monoisotopic (exact) mass is 259 g/mol. The van der Waals surface area contributed by atoms with E-state index < -0.39 is 10.0 Å². The molecule has 2 N–H and O–H groups in total. The van der Waals surface area contributed by atoms with Gasteiger partial charge in [-0.2, -0.15) is 9.40 Å². The molecule has 1 aromatic rings. The van der Waals surface area contributed by atoms with Crippen molar-refractivity contribution in [3.05, 3.63) is 11.8 Å². The minimum Gasteiger partial charge on any atom is -0.392 e. The number of nitrogens with one attached hydrogen (secondary N) is 1. The van der Waals surface area contributed by atoms with Crippen LogP contribution in [-0.4, -0.2) is 41.1 Å². The fraction of sp³-hybridized carbons (Fsp3) is 0.700. The number of aliphatic hydroxyl groups is 1. The quantitative estimate of drug-likeness (QED) is 0.770. The Labute approximate surface area is 101 Å². The minimum absolute atomic E-state index is 0.0162. The van der Waals surface area contributed by atoms with Crippen LogP contribution in [0, 0.1) is 5.92 Å². The molecule has 0 saturated heterocycles. The van der Waals surface area contributed by atoms with E-state index in [1.807, 2.05) is 6.92 Å². The predicted molar refractivity (Wildman–Crippen MR) is 61.7 cm³/mol. The molecular weight excluding hydrogens is 242 g/mol. The smallest absolute Gasteiger partial charge is 0.260 e. The third kappa shape index (κ3) is 2.51. The van der Waals surface area contributed by atoms with Gasteiger partial charge >= 0.3 is 0 Å². The van der Waals surface area contributed by atoms with Gasteiger partial charge in [-0.15, -0.1) is 0 Å². The molecule has 6 nitrogen and oxygen atoms in total. The molecule has 0 unspecified atom stereocenters. The van der Waals surface area contributed by atoms with Gasteiger partial charge in [-0.3, -0.25) is 5.10 Å². The summed E-state index contributed by atoms with van der Waals surface area (Å²) >= 11 is 0. The second kappa shape index (κ2) is 4.75. The summed E-state index contributed by atoms with van der Waals surface area (Å²) in [4.78, 5) is 0. The van der Waals surface area contributed by atoms with E-state index in [0.29, 0.717) is 24.6 Å². The highest BCUT2D eigenvalue weighted by Crippen LogP contribution is 2.31. The highest BCUT2D eigenvalue weighted by Gasteiger charge is 2.32. The molecule has 17 heavy (non-hydrogen) atoms. The minimum atomic E-state index is -3.55. The van der Waals surface area contributed by atoms with Gasteiger partial charge < -0.3 is 5.11 Å². The molecule has 96 valence electrons. The standard InChI is InChI=1S/C10H17N3O3S/c1-2-13(6-8-3-4-8)17(15,16)10-9(7-14)5-11-12-10/h5,8,14H,2-4,6-7H2,1H3,(H,11,12). The van der Waals surface area contributed by atoms with Crippen LogP contribution in [0.1, 0.15) is 25.3 Å². The lowest BCUT2D eigenvalue weighted by Gasteiger charge is -2.19. The predicted octanol–water partition coefficient (Wildman–Crippen LogP) is 0.323. The lowest BCUT2D eigenvalue weighted by atomic mass is 10.4. The Balaban J connectivity index is 2.26. The maximum Gasteiger partial charge on any atom is 0.260 e. The van der Waals surface area contributed by atoms with Crippen LogP contribution in [0.3, 0.4) is 0 Å². The first-order valence-corrected chi connectivity index (χ1v) is 7.16. The second-order valence-electron chi connectivity index (χ2n) is 4.28. The van der Waals surface area contributed by atoms with Gasteiger partial charge in [-0.1, -0.05) is 6.92 Å². The van der Waals surface area contributed by atoms with Crippen molar-refractivity contribution < 1.29 is 13.5 Å². The fourth-order valence-corrected chi connectivity index (χ4v) is 3.37. The SMILES string of the molecule is CCN(CC1CC1)S(=O)(=O)c1[nH]ncc1CO. The zero-order valence-corrected chi connectivity index (χ0v) is 10.6. The summed E-state index contributed by atoms with van der Waals surface area (Å²) in [6, 6.07) is 0. The summed E-state index contributed by atoms with van der Waals surface area (Å²) in [5, 5.41) is 15.2. The number of hydrogen-bond donors (Lipinski definition) is 2. The molecule has 0 amide bonds. The molecule has 1 aliphatic rings. The van der Waals surface area contributed by atoms with E-state index in [-0.39, 0.29) is 11.6 Å². The number of nitrogens with zero attached hydrogens (tertiary/aromatic N) is 2. The van der Waals surface area contributed by atoms with Crippen LogP contribution in [0.15, 0.2) is 11.2 Å². The van der Waals surface area contributed by atoms with Crippen LogP contribution >= 0.6 is 0 Å². The van der Waals surface area contributed by atoms with E-state index in [4.69, 9.17) is 5.11 Å². The molecule has 7 heteroatoms. The van der Waals surface area contributed by atoms with Crippen LogP contribution < -0.4 is 0 Å². The number of H-pyrrole nitrogens is 1. The highest BCUT2D eigenvalue weighted by molar-refractivity contribution is 7.89. The normalized spacial score (nSPS) is 16.6. The lowest BCUT2D eigenvalue weighted by Crippen LogP contribution is -2.33. The summed E-state index contributed by atoms with van der Waals surface area (Å²) in [6.07, 6.45) is 3.54. The molecule has 1 aliphatic carbocycles. The third-order valence-corrected chi connectivity index (χ3v) is 4.91. The molecular formula is C10H17N3O3S. The van der Waals surface area contributed by atoms with E-state index in [1.165, 1.54) is 10.5 Å². The summed E-state index contributed by atoms with van der Waals surface area (Å²) in [5.41, 5.74) is 0.319. The van der Waals surface area contributed by atoms with Crippen molar-refractivity contribution in [2.24, 2.45) is 5.92 Å². The fourth-order valence-electron chi connectivity index (χ4n) is 1.75. The molecule has 1 saturated carbocycles. The first-order valence-electron chi connectivity index (χ1n) is 5.72. The molecule has 0 aromatic carbocycles. The van der Waals surface area contributed by atoms with Gasteiger partial charge in [0, 0.05) is 18.7 Å². The van der Waals surface area contributed by atoms with Crippen molar-refractivity contribution in [3.8, 4) is 0 Å². The van der Waals surface area contributed by atoms with E-state index in [9.17, 15) is 8.42 Å². The molecule has 1 fully saturated rings. The average molecular weight is 259 g/mol. The first kappa shape index (κ1) is 12.5. The molecule has 1 aromatic heterocycles. The molecule has 2 rings (SSSR count). The first-order chi connectivity index (χ1) is 8.09. The van der Waals surface area contributed by atoms with Gasteiger partial charge in [0.15, 0.2) is 5.03 Å². The maximum atomic E-state index is 12.3. The van der Waals surface area contributed by atoms with Crippen molar-refractivity contribution >= 4 is 10.0 Å². The average Bonchev–Trinajstić information content (AvgIpc) is 2.99. The van der Waals surface area contributed by atoms with E-state index in [2.05, 4.69) is 10.2 Å². The van der Waals surface area contributed by atoms with E-state index in [0.717, 1.165) is 12.8 Å². The van der Waals surface area contributed by atoms with Crippen LogP contribution in [0.5, 0.6) is 0 Å². The molecule has 0 spiro atoms. The van der Waals surface area contributed by atoms with Gasteiger partial charge in [0.1, 0.15) is 0 Å². The van der Waals surface area contributed by atoms with Crippen molar-refractivity contribution in [2.75, 3.05) is 13.1 Å². The Hall–Kier alpha value is -0.920. The zero-order valence-electron chi connectivity index (χ0n) is 9.76. The van der Waals surface area contributed by atoms with Crippen molar-refractivity contribution in [2.45, 2.75) is 31.4 Å². The molecule has 1 heterocycles. The number of aromatic amines is 1. The van der Waals surface area contributed by atoms with Crippen molar-refractivity contribution in [1.29, 1.82) is 0 Å². The van der Waals surface area contributed by atoms with Crippen LogP contribution in [0.2, 0.25) is 0 Å². The lowest BCUT2D eigenvalue weighted by molar-refractivity contribution is 0.278. The van der Waals surface area contributed by atoms with Gasteiger partial charge in [0.05, 0.1) is 12.8 Å². The van der Waals surface area contributed by atoms with Gasteiger partial charge in [0.2, 0.25) is 0 Å². The van der Waals surface area contributed by atoms with Crippen molar-refractivity contribution in [1.82, 2.24) is 14.5 Å². The zero-order chi connectivity index (χ0) is 12.5. The molecule has 0 aliphatic heterocycles. The number of aromatic nitrogens is 2. The largest absolute Gasteiger partial charge is 0.392 e. The van der Waals surface area contributed by atoms with Gasteiger partial charge in [0.25, 0.3) is 10.0 Å². The number of sulfonamides is 1. The Morgan fingerprint density at radius 1 is 1.59 bits per heavy atom. The summed E-state index contributed by atoms with van der Waals surface area (Å²) in [5.74, 6) is 0.491. The highest BCUT2D eigenvalue weighted by atomic mass is 32.2. The maximum absolute atomic E-state index is 12.3. The Morgan fingerprint density at radius 2 is 2.29 bits per heavy atom. The molecule has 0 radical (unpaired) electrons. The number of hydrogen-bond acceptors (Lipinski definition) is 4. The van der Waals surface area contributed by atoms with Crippen LogP contribution in [0.25, 0.3) is 0 Å². The van der Waals surface area contributed by atoms with E-state index >= 15 is 0 Å². The van der Waals surface area contributed by atoms with Crippen molar-refractivity contribution in [3.63, 3.8) is 0 Å². The summed E-state index contributed by atoms with van der Waals surface area (Å²) < 4.78 is 26.1. The van der Waals surface area contributed by atoms with Crippen LogP contribution in [0.4, 0.5) is 0 Å². The molecule has 0 atom stereocenters. The Bertz CT molecular complexity index is 479. The Kier molecular flexibility index (Phi) is 3.50. The van der Waals surface area contributed by atoms with Gasteiger partial charge in [-0.25, -0.2) is 8.42 Å².